The first-order valence-electron chi connectivity index (χ1n) is 8.56. The molecule has 0 heterocycles. The van der Waals surface area contributed by atoms with Crippen LogP contribution in [-0.2, 0) is 13.0 Å². The zero-order valence-corrected chi connectivity index (χ0v) is 14.8. The number of benzene rings is 2. The van der Waals surface area contributed by atoms with Gasteiger partial charge in [0.05, 0.1) is 5.69 Å². The molecule has 0 bridgehead atoms. The van der Waals surface area contributed by atoms with Crippen LogP contribution in [0.5, 0.6) is 5.75 Å². The fourth-order valence-corrected chi connectivity index (χ4v) is 2.47. The van der Waals surface area contributed by atoms with E-state index in [1.54, 1.807) is 0 Å². The molecule has 0 fully saturated rings. The van der Waals surface area contributed by atoms with Crippen molar-refractivity contribution in [1.29, 1.82) is 0 Å². The van der Waals surface area contributed by atoms with Gasteiger partial charge in [-0.15, -0.1) is 0 Å². The van der Waals surface area contributed by atoms with Crippen molar-refractivity contribution in [2.24, 2.45) is 0 Å². The van der Waals surface area contributed by atoms with Crippen molar-refractivity contribution in [1.82, 2.24) is 10.2 Å². The van der Waals surface area contributed by atoms with Crippen molar-refractivity contribution in [3.05, 3.63) is 59.7 Å². The molecule has 0 spiro atoms. The minimum atomic E-state index is 0.542. The van der Waals surface area contributed by atoms with E-state index in [2.05, 4.69) is 30.4 Å². The van der Waals surface area contributed by atoms with Gasteiger partial charge in [-0.05, 0) is 56.7 Å². The molecule has 24 heavy (non-hydrogen) atoms. The second kappa shape index (κ2) is 9.96. The smallest absolute Gasteiger partial charge is 0.142 e. The van der Waals surface area contributed by atoms with Gasteiger partial charge in [-0.25, -0.2) is 0 Å². The highest BCUT2D eigenvalue weighted by molar-refractivity contribution is 5.54. The molecule has 0 aromatic heterocycles. The largest absolute Gasteiger partial charge is 0.487 e. The number of hydrogen-bond acceptors (Lipinski definition) is 4. The Hall–Kier alpha value is -2.04. The van der Waals surface area contributed by atoms with Crippen LogP contribution >= 0.6 is 0 Å². The monoisotopic (exact) mass is 327 g/mol. The molecule has 0 saturated heterocycles. The molecule has 0 atom stereocenters. The number of likely N-dealkylation sites (N-methyl/N-ethyl adjacent to an activating group) is 1. The first-order valence-corrected chi connectivity index (χ1v) is 8.56. The molecule has 2 aromatic rings. The van der Waals surface area contributed by atoms with Crippen LogP contribution in [0.15, 0.2) is 48.5 Å². The average Bonchev–Trinajstić information content (AvgIpc) is 2.58. The summed E-state index contributed by atoms with van der Waals surface area (Å²) in [5, 5.41) is 3.45. The maximum absolute atomic E-state index is 6.12. The van der Waals surface area contributed by atoms with E-state index in [-0.39, 0.29) is 0 Å². The molecule has 3 N–H and O–H groups in total. The van der Waals surface area contributed by atoms with Crippen molar-refractivity contribution in [2.75, 3.05) is 39.5 Å². The minimum absolute atomic E-state index is 0.542. The Labute approximate surface area is 145 Å². The first-order chi connectivity index (χ1) is 11.6. The molecule has 2 rings (SSSR count). The summed E-state index contributed by atoms with van der Waals surface area (Å²) in [5.41, 5.74) is 9.24. The maximum Gasteiger partial charge on any atom is 0.142 e. The van der Waals surface area contributed by atoms with E-state index in [1.165, 1.54) is 5.56 Å². The Kier molecular flexibility index (Phi) is 7.59. The summed E-state index contributed by atoms with van der Waals surface area (Å²) in [4.78, 5) is 2.18. The summed E-state index contributed by atoms with van der Waals surface area (Å²) < 4.78 is 5.82. The van der Waals surface area contributed by atoms with Gasteiger partial charge in [-0.1, -0.05) is 36.4 Å². The highest BCUT2D eigenvalue weighted by atomic mass is 16.5. The first kappa shape index (κ1) is 18.3. The number of nitrogens with zero attached hydrogens (tertiary/aromatic N) is 1. The Morgan fingerprint density at radius 3 is 2.50 bits per heavy atom. The van der Waals surface area contributed by atoms with Crippen LogP contribution in [0.25, 0.3) is 0 Å². The van der Waals surface area contributed by atoms with Crippen LogP contribution < -0.4 is 15.8 Å². The second-order valence-electron chi connectivity index (χ2n) is 6.30. The molecular weight excluding hydrogens is 298 g/mol. The molecular formula is C20H29N3O. The third-order valence-electron chi connectivity index (χ3n) is 3.87. The highest BCUT2D eigenvalue weighted by Crippen LogP contribution is 2.24. The van der Waals surface area contributed by atoms with E-state index >= 15 is 0 Å². The Morgan fingerprint density at radius 2 is 1.79 bits per heavy atom. The normalized spacial score (nSPS) is 11.0. The zero-order valence-electron chi connectivity index (χ0n) is 14.8. The number of nitrogens with two attached hydrogens (primary N) is 1. The molecule has 0 aliphatic heterocycles. The quantitative estimate of drug-likeness (QED) is 0.520. The topological polar surface area (TPSA) is 50.5 Å². The summed E-state index contributed by atoms with van der Waals surface area (Å²) in [7, 11) is 4.18. The minimum Gasteiger partial charge on any atom is -0.487 e. The fourth-order valence-electron chi connectivity index (χ4n) is 2.47. The number of aryl methyl sites for hydroxylation is 1. The molecule has 130 valence electrons. The van der Waals surface area contributed by atoms with Crippen molar-refractivity contribution < 1.29 is 4.74 Å². The Morgan fingerprint density at radius 1 is 1.00 bits per heavy atom. The van der Waals surface area contributed by atoms with Gasteiger partial charge >= 0.3 is 0 Å². The van der Waals surface area contributed by atoms with E-state index < -0.39 is 0 Å². The second-order valence-corrected chi connectivity index (χ2v) is 6.30. The number of rotatable bonds is 10. The van der Waals surface area contributed by atoms with Gasteiger partial charge in [-0.3, -0.25) is 0 Å². The summed E-state index contributed by atoms with van der Waals surface area (Å²) >= 11 is 0. The lowest BCUT2D eigenvalue weighted by molar-refractivity contribution is 0.308. The van der Waals surface area contributed by atoms with Crippen LogP contribution in [0, 0.1) is 0 Å². The number of nitrogen functional groups attached to an aromatic ring is 1. The molecule has 0 radical (unpaired) electrons. The third kappa shape index (κ3) is 6.60. The molecule has 4 nitrogen and oxygen atoms in total. The third-order valence-corrected chi connectivity index (χ3v) is 3.87. The van der Waals surface area contributed by atoms with Crippen molar-refractivity contribution in [3.8, 4) is 5.75 Å². The Balaban J connectivity index is 1.73. The predicted molar refractivity (Wildman–Crippen MR) is 101 cm³/mol. The lowest BCUT2D eigenvalue weighted by atomic mass is 10.1. The average molecular weight is 327 g/mol. The number of hydrogen-bond donors (Lipinski definition) is 2. The van der Waals surface area contributed by atoms with Gasteiger partial charge in [0.2, 0.25) is 0 Å². The fraction of sp³-hybridized carbons (Fsp3) is 0.400. The molecule has 4 heteroatoms. The molecule has 0 saturated carbocycles. The van der Waals surface area contributed by atoms with E-state index in [4.69, 9.17) is 10.5 Å². The standard InChI is InChI=1S/C20H29N3O/c1-23(2)14-13-22-12-6-9-17-10-11-20(19(21)15-17)24-16-18-7-4-3-5-8-18/h3-5,7-8,10-11,15,22H,6,9,12-14,16,21H2,1-2H3. The Bertz CT molecular complexity index is 599. The van der Waals surface area contributed by atoms with Crippen molar-refractivity contribution >= 4 is 5.69 Å². The molecule has 0 unspecified atom stereocenters. The lowest BCUT2D eigenvalue weighted by Crippen LogP contribution is -2.27. The highest BCUT2D eigenvalue weighted by Gasteiger charge is 2.03. The summed E-state index contributed by atoms with van der Waals surface area (Å²) in [6.07, 6.45) is 2.13. The molecule has 0 aliphatic carbocycles. The van der Waals surface area contributed by atoms with Crippen LogP contribution in [0.4, 0.5) is 5.69 Å². The summed E-state index contributed by atoms with van der Waals surface area (Å²) in [5.74, 6) is 0.756. The number of ether oxygens (including phenoxy) is 1. The van der Waals surface area contributed by atoms with E-state index in [1.807, 2.05) is 42.5 Å². The predicted octanol–water partition coefficient (Wildman–Crippen LogP) is 2.93. The van der Waals surface area contributed by atoms with Gasteiger partial charge in [0, 0.05) is 13.1 Å². The van der Waals surface area contributed by atoms with Crippen LogP contribution in [0.3, 0.4) is 0 Å². The van der Waals surface area contributed by atoms with Crippen molar-refractivity contribution in [2.45, 2.75) is 19.4 Å². The van der Waals surface area contributed by atoms with E-state index in [0.717, 1.165) is 43.8 Å². The molecule has 0 amide bonds. The van der Waals surface area contributed by atoms with E-state index in [0.29, 0.717) is 12.3 Å². The SMILES string of the molecule is CN(C)CCNCCCc1ccc(OCc2ccccc2)c(N)c1. The van der Waals surface area contributed by atoms with Crippen LogP contribution in [0.1, 0.15) is 17.5 Å². The summed E-state index contributed by atoms with van der Waals surface area (Å²) in [6, 6.07) is 16.2. The van der Waals surface area contributed by atoms with Crippen molar-refractivity contribution in [3.63, 3.8) is 0 Å². The van der Waals surface area contributed by atoms with E-state index in [9.17, 15) is 0 Å². The number of anilines is 1. The van der Waals surface area contributed by atoms with Gasteiger partial charge in [0.1, 0.15) is 12.4 Å². The van der Waals surface area contributed by atoms with Crippen LogP contribution in [0.2, 0.25) is 0 Å². The van der Waals surface area contributed by atoms with Crippen LogP contribution in [-0.4, -0.2) is 38.6 Å². The zero-order chi connectivity index (χ0) is 17.2. The van der Waals surface area contributed by atoms with Gasteiger partial charge in [-0.2, -0.15) is 0 Å². The van der Waals surface area contributed by atoms with Gasteiger partial charge in [0.15, 0.2) is 0 Å². The summed E-state index contributed by atoms with van der Waals surface area (Å²) in [6.45, 7) is 3.67. The number of nitrogens with one attached hydrogen (secondary N) is 1. The van der Waals surface area contributed by atoms with Gasteiger partial charge in [0.25, 0.3) is 0 Å². The maximum atomic E-state index is 6.12. The van der Waals surface area contributed by atoms with Gasteiger partial charge < -0.3 is 20.7 Å². The molecule has 0 aliphatic rings. The lowest BCUT2D eigenvalue weighted by Gasteiger charge is -2.12. The molecule has 2 aromatic carbocycles.